The second-order valence-corrected chi connectivity index (χ2v) is 8.02. The lowest BCUT2D eigenvalue weighted by atomic mass is 10.2. The zero-order chi connectivity index (χ0) is 16.4. The average molecular weight is 390 g/mol. The molecule has 3 nitrogen and oxygen atoms in total. The van der Waals surface area contributed by atoms with Crippen LogP contribution in [0.3, 0.4) is 0 Å². The molecule has 1 aliphatic heterocycles. The lowest BCUT2D eigenvalue weighted by Crippen LogP contribution is -2.48. The van der Waals surface area contributed by atoms with Crippen molar-refractivity contribution in [1.82, 2.24) is 9.80 Å². The summed E-state index contributed by atoms with van der Waals surface area (Å²) in [5, 5.41) is 0.869. The Bertz CT molecular complexity index is 711. The quantitative estimate of drug-likeness (QED) is 0.762. The monoisotopic (exact) mass is 388 g/mol. The molecule has 3 rings (SSSR count). The minimum absolute atomic E-state index is 0.00221. The number of amides is 1. The van der Waals surface area contributed by atoms with Gasteiger partial charge in [0.15, 0.2) is 0 Å². The molecule has 0 spiro atoms. The third kappa shape index (κ3) is 4.20. The van der Waals surface area contributed by atoms with E-state index in [0.717, 1.165) is 24.0 Å². The lowest BCUT2D eigenvalue weighted by molar-refractivity contribution is 0.0629. The zero-order valence-electron chi connectivity index (χ0n) is 12.3. The number of halogens is 3. The Kier molecular flexibility index (Phi) is 5.49. The first-order chi connectivity index (χ1) is 11.0. The van der Waals surface area contributed by atoms with Crippen LogP contribution in [-0.4, -0.2) is 41.9 Å². The van der Waals surface area contributed by atoms with Crippen molar-refractivity contribution in [2.75, 3.05) is 26.2 Å². The Hall–Kier alpha value is -0.780. The number of piperazine rings is 1. The van der Waals surface area contributed by atoms with Crippen molar-refractivity contribution in [3.8, 4) is 0 Å². The molecule has 1 aromatic heterocycles. The molecule has 1 aromatic carbocycles. The summed E-state index contributed by atoms with van der Waals surface area (Å²) in [5.41, 5.74) is 0.581. The maximum absolute atomic E-state index is 12.5. The van der Waals surface area contributed by atoms with Gasteiger partial charge in [0.25, 0.3) is 5.91 Å². The van der Waals surface area contributed by atoms with Crippen molar-refractivity contribution in [3.63, 3.8) is 0 Å². The van der Waals surface area contributed by atoms with Gasteiger partial charge in [0.05, 0.1) is 14.4 Å². The maximum atomic E-state index is 12.5. The summed E-state index contributed by atoms with van der Waals surface area (Å²) in [6, 6.07) is 8.99. The highest BCUT2D eigenvalue weighted by atomic mass is 35.5. The van der Waals surface area contributed by atoms with Gasteiger partial charge >= 0.3 is 0 Å². The minimum Gasteiger partial charge on any atom is -0.336 e. The van der Waals surface area contributed by atoms with E-state index in [4.69, 9.17) is 34.8 Å². The van der Waals surface area contributed by atoms with Crippen LogP contribution in [0.4, 0.5) is 0 Å². The topological polar surface area (TPSA) is 23.6 Å². The van der Waals surface area contributed by atoms with E-state index < -0.39 is 0 Å². The third-order valence-electron chi connectivity index (χ3n) is 3.83. The molecule has 0 aliphatic carbocycles. The van der Waals surface area contributed by atoms with Crippen molar-refractivity contribution in [1.29, 1.82) is 0 Å². The van der Waals surface area contributed by atoms with Gasteiger partial charge in [-0.15, -0.1) is 11.3 Å². The number of nitrogens with zero attached hydrogens (tertiary/aromatic N) is 2. The van der Waals surface area contributed by atoms with Crippen molar-refractivity contribution >= 4 is 52.0 Å². The van der Waals surface area contributed by atoms with Crippen molar-refractivity contribution in [2.45, 2.75) is 6.54 Å². The van der Waals surface area contributed by atoms with Crippen molar-refractivity contribution in [3.05, 3.63) is 55.2 Å². The van der Waals surface area contributed by atoms with Crippen LogP contribution < -0.4 is 0 Å². The fourth-order valence-corrected chi connectivity index (χ4v) is 4.01. The molecule has 7 heteroatoms. The largest absolute Gasteiger partial charge is 0.336 e. The first kappa shape index (κ1) is 17.1. The molecule has 1 fully saturated rings. The number of hydrogen-bond acceptors (Lipinski definition) is 3. The molecule has 0 N–H and O–H groups in total. The highest BCUT2D eigenvalue weighted by Gasteiger charge is 2.22. The van der Waals surface area contributed by atoms with Crippen LogP contribution in [-0.2, 0) is 6.54 Å². The fraction of sp³-hybridized carbons (Fsp3) is 0.312. The molecule has 1 aliphatic rings. The second-order valence-electron chi connectivity index (χ2n) is 5.40. The Morgan fingerprint density at radius 1 is 1.00 bits per heavy atom. The third-order valence-corrected chi connectivity index (χ3v) is 5.79. The predicted molar refractivity (Wildman–Crippen MR) is 97.0 cm³/mol. The predicted octanol–water partition coefficient (Wildman–Crippen LogP) is 4.67. The minimum atomic E-state index is 0.00221. The molecule has 0 radical (unpaired) electrons. The average Bonchev–Trinajstić information content (AvgIpc) is 2.95. The SMILES string of the molecule is O=C(c1ccc(Cl)c(Cl)c1)N1CCN(Cc2ccc(Cl)s2)CC1. The Morgan fingerprint density at radius 2 is 1.74 bits per heavy atom. The van der Waals surface area contributed by atoms with E-state index in [1.54, 1.807) is 29.5 Å². The Morgan fingerprint density at radius 3 is 2.35 bits per heavy atom. The molecule has 0 atom stereocenters. The van der Waals surface area contributed by atoms with E-state index in [2.05, 4.69) is 11.0 Å². The van der Waals surface area contributed by atoms with Crippen molar-refractivity contribution < 1.29 is 4.79 Å². The fourth-order valence-electron chi connectivity index (χ4n) is 2.58. The van der Waals surface area contributed by atoms with Crippen LogP contribution in [0.1, 0.15) is 15.2 Å². The van der Waals surface area contributed by atoms with Crippen LogP contribution in [0.2, 0.25) is 14.4 Å². The smallest absolute Gasteiger partial charge is 0.253 e. The summed E-state index contributed by atoms with van der Waals surface area (Å²) in [5.74, 6) is 0.00221. The number of rotatable bonds is 3. The zero-order valence-corrected chi connectivity index (χ0v) is 15.4. The molecule has 1 amide bonds. The second kappa shape index (κ2) is 7.41. The summed E-state index contributed by atoms with van der Waals surface area (Å²) in [6.45, 7) is 3.99. The molecule has 0 bridgehead atoms. The lowest BCUT2D eigenvalue weighted by Gasteiger charge is -2.34. The standard InChI is InChI=1S/C16H15Cl3N2OS/c17-13-3-1-11(9-14(13)18)16(22)21-7-5-20(6-8-21)10-12-2-4-15(19)23-12/h1-4,9H,5-8,10H2. The molecular formula is C16H15Cl3N2OS. The normalized spacial score (nSPS) is 15.9. The summed E-state index contributed by atoms with van der Waals surface area (Å²) in [7, 11) is 0. The molecular weight excluding hydrogens is 375 g/mol. The molecule has 1 saturated heterocycles. The van der Waals surface area contributed by atoms with Gasteiger partial charge in [-0.25, -0.2) is 0 Å². The summed E-state index contributed by atoms with van der Waals surface area (Å²) >= 11 is 19.5. The van der Waals surface area contributed by atoms with Gasteiger partial charge in [-0.2, -0.15) is 0 Å². The van der Waals surface area contributed by atoms with Gasteiger partial charge in [-0.05, 0) is 30.3 Å². The molecule has 0 saturated carbocycles. The van der Waals surface area contributed by atoms with E-state index in [9.17, 15) is 4.79 Å². The molecule has 23 heavy (non-hydrogen) atoms. The van der Waals surface area contributed by atoms with E-state index in [1.165, 1.54) is 4.88 Å². The van der Waals surface area contributed by atoms with Crippen LogP contribution in [0, 0.1) is 0 Å². The van der Waals surface area contributed by atoms with Crippen LogP contribution in [0.25, 0.3) is 0 Å². The summed E-state index contributed by atoms with van der Waals surface area (Å²) in [6.07, 6.45) is 0. The number of thiophene rings is 1. The number of carbonyl (C=O) groups is 1. The van der Waals surface area contributed by atoms with E-state index >= 15 is 0 Å². The van der Waals surface area contributed by atoms with E-state index in [1.807, 2.05) is 11.0 Å². The molecule has 2 heterocycles. The van der Waals surface area contributed by atoms with Gasteiger partial charge in [0.1, 0.15) is 0 Å². The Balaban J connectivity index is 1.57. The van der Waals surface area contributed by atoms with Gasteiger partial charge in [0, 0.05) is 43.2 Å². The maximum Gasteiger partial charge on any atom is 0.253 e. The van der Waals surface area contributed by atoms with Gasteiger partial charge in [-0.1, -0.05) is 34.8 Å². The molecule has 122 valence electrons. The van der Waals surface area contributed by atoms with Gasteiger partial charge < -0.3 is 4.90 Å². The first-order valence-corrected chi connectivity index (χ1v) is 9.19. The first-order valence-electron chi connectivity index (χ1n) is 7.24. The molecule has 0 unspecified atom stereocenters. The Labute approximate surface area is 154 Å². The van der Waals surface area contributed by atoms with Crippen LogP contribution in [0.15, 0.2) is 30.3 Å². The number of hydrogen-bond donors (Lipinski definition) is 0. The number of carbonyl (C=O) groups excluding carboxylic acids is 1. The van der Waals surface area contributed by atoms with E-state index in [-0.39, 0.29) is 5.91 Å². The van der Waals surface area contributed by atoms with Crippen LogP contribution >= 0.6 is 46.1 Å². The molecule has 2 aromatic rings. The van der Waals surface area contributed by atoms with Crippen LogP contribution in [0.5, 0.6) is 0 Å². The van der Waals surface area contributed by atoms with Gasteiger partial charge in [0.2, 0.25) is 0 Å². The van der Waals surface area contributed by atoms with Crippen molar-refractivity contribution in [2.24, 2.45) is 0 Å². The summed E-state index contributed by atoms with van der Waals surface area (Å²) < 4.78 is 0.813. The van der Waals surface area contributed by atoms with E-state index in [0.29, 0.717) is 28.7 Å². The summed E-state index contributed by atoms with van der Waals surface area (Å²) in [4.78, 5) is 18.0. The van der Waals surface area contributed by atoms with Gasteiger partial charge in [-0.3, -0.25) is 9.69 Å². The highest BCUT2D eigenvalue weighted by Crippen LogP contribution is 2.25. The highest BCUT2D eigenvalue weighted by molar-refractivity contribution is 7.16. The number of benzene rings is 1.